The molecule has 3 aromatic rings. The number of phenolic OH excluding ortho intramolecular Hbond substituents is 2. The number of likely N-dealkylation sites (tertiary alicyclic amines) is 1. The first-order valence-electron chi connectivity index (χ1n) is 11.9. The van der Waals surface area contributed by atoms with E-state index in [9.17, 15) is 18.6 Å². The van der Waals surface area contributed by atoms with Crippen LogP contribution in [-0.2, 0) is 9.84 Å². The van der Waals surface area contributed by atoms with Crippen molar-refractivity contribution in [1.29, 1.82) is 0 Å². The molecule has 0 unspecified atom stereocenters. The van der Waals surface area contributed by atoms with E-state index in [1.807, 2.05) is 24.3 Å². The Labute approximate surface area is 205 Å². The molecular formula is C27H29NO6S. The molecule has 0 spiro atoms. The number of nitrogens with zero attached hydrogens (tertiary/aromatic N) is 1. The fourth-order valence-corrected chi connectivity index (χ4v) is 6.78. The lowest BCUT2D eigenvalue weighted by Gasteiger charge is -2.34. The van der Waals surface area contributed by atoms with Crippen LogP contribution < -0.4 is 9.47 Å². The van der Waals surface area contributed by atoms with Crippen LogP contribution in [0.4, 0.5) is 0 Å². The molecule has 2 aliphatic rings. The van der Waals surface area contributed by atoms with E-state index < -0.39 is 21.2 Å². The molecular weight excluding hydrogens is 466 g/mol. The SMILES string of the molecule is O=S1(=O)c2ccc(O)cc2O[C@H](c2ccc(OCCN3CCCCC3)cc2)[C@@H]1c1ccc(O)cc1. The number of piperidine rings is 1. The second kappa shape index (κ2) is 9.79. The molecule has 2 atom stereocenters. The van der Waals surface area contributed by atoms with Crippen molar-refractivity contribution in [2.24, 2.45) is 0 Å². The Morgan fingerprint density at radius 2 is 1.51 bits per heavy atom. The molecule has 5 rings (SSSR count). The third kappa shape index (κ3) is 4.94. The zero-order chi connectivity index (χ0) is 24.4. The Kier molecular flexibility index (Phi) is 6.58. The number of phenols is 2. The Morgan fingerprint density at radius 1 is 0.857 bits per heavy atom. The van der Waals surface area contributed by atoms with Crippen LogP contribution in [0, 0.1) is 0 Å². The standard InChI is InChI=1S/C27H29NO6S/c29-21-8-4-20(5-9-21)27-26(34-24-18-22(30)10-13-25(24)35(27,31)32)19-6-11-23(12-7-19)33-17-16-28-14-2-1-3-15-28/h4-13,18,26-27,29-30H,1-3,14-17H2/t26-,27+/m1/s1. The topological polar surface area (TPSA) is 96.3 Å². The number of ether oxygens (including phenoxy) is 2. The largest absolute Gasteiger partial charge is 0.508 e. The van der Waals surface area contributed by atoms with Crippen LogP contribution in [0.15, 0.2) is 71.6 Å². The zero-order valence-electron chi connectivity index (χ0n) is 19.3. The maximum absolute atomic E-state index is 13.7. The van der Waals surface area contributed by atoms with Gasteiger partial charge in [-0.3, -0.25) is 4.90 Å². The molecule has 2 N–H and O–H groups in total. The predicted molar refractivity (Wildman–Crippen MR) is 132 cm³/mol. The molecule has 0 amide bonds. The second-order valence-corrected chi connectivity index (χ2v) is 11.1. The van der Waals surface area contributed by atoms with Gasteiger partial charge in [0.2, 0.25) is 0 Å². The highest BCUT2D eigenvalue weighted by Gasteiger charge is 2.44. The van der Waals surface area contributed by atoms with Crippen molar-refractivity contribution in [3.8, 4) is 23.0 Å². The Morgan fingerprint density at radius 3 is 2.23 bits per heavy atom. The summed E-state index contributed by atoms with van der Waals surface area (Å²) in [6, 6.07) is 17.4. The van der Waals surface area contributed by atoms with E-state index in [-0.39, 0.29) is 22.1 Å². The highest BCUT2D eigenvalue weighted by Crippen LogP contribution is 2.49. The minimum Gasteiger partial charge on any atom is -0.508 e. The summed E-state index contributed by atoms with van der Waals surface area (Å²) in [5, 5.41) is 18.6. The molecule has 7 nitrogen and oxygen atoms in total. The molecule has 0 aromatic heterocycles. The van der Waals surface area contributed by atoms with Gasteiger partial charge in [0.25, 0.3) is 0 Å². The molecule has 2 aliphatic heterocycles. The van der Waals surface area contributed by atoms with Crippen molar-refractivity contribution < 1.29 is 28.1 Å². The quantitative estimate of drug-likeness (QED) is 0.515. The van der Waals surface area contributed by atoms with Crippen LogP contribution in [0.3, 0.4) is 0 Å². The first-order valence-corrected chi connectivity index (χ1v) is 13.4. The summed E-state index contributed by atoms with van der Waals surface area (Å²) in [6.45, 7) is 3.71. The minimum atomic E-state index is -3.85. The van der Waals surface area contributed by atoms with Gasteiger partial charge in [0, 0.05) is 12.6 Å². The van der Waals surface area contributed by atoms with Crippen molar-refractivity contribution in [3.05, 3.63) is 77.9 Å². The summed E-state index contributed by atoms with van der Waals surface area (Å²) in [7, 11) is -3.85. The summed E-state index contributed by atoms with van der Waals surface area (Å²) in [4.78, 5) is 2.44. The monoisotopic (exact) mass is 495 g/mol. The van der Waals surface area contributed by atoms with Gasteiger partial charge in [0.15, 0.2) is 9.84 Å². The Hall–Kier alpha value is -3.23. The molecule has 184 valence electrons. The van der Waals surface area contributed by atoms with E-state index in [1.165, 1.54) is 49.6 Å². The highest BCUT2D eigenvalue weighted by atomic mass is 32.2. The molecule has 35 heavy (non-hydrogen) atoms. The van der Waals surface area contributed by atoms with Crippen LogP contribution in [0.5, 0.6) is 23.0 Å². The fourth-order valence-electron chi connectivity index (χ4n) is 4.81. The molecule has 0 radical (unpaired) electrons. The number of rotatable bonds is 6. The number of sulfone groups is 1. The van der Waals surface area contributed by atoms with Gasteiger partial charge in [0.05, 0.1) is 0 Å². The number of benzene rings is 3. The summed E-state index contributed by atoms with van der Waals surface area (Å²) in [6.07, 6.45) is 2.93. The Bertz CT molecular complexity index is 1270. The van der Waals surface area contributed by atoms with Gasteiger partial charge < -0.3 is 19.7 Å². The van der Waals surface area contributed by atoms with Gasteiger partial charge in [-0.25, -0.2) is 8.42 Å². The van der Waals surface area contributed by atoms with E-state index >= 15 is 0 Å². The summed E-state index contributed by atoms with van der Waals surface area (Å²) in [5.74, 6) is 0.810. The van der Waals surface area contributed by atoms with Crippen molar-refractivity contribution in [3.63, 3.8) is 0 Å². The van der Waals surface area contributed by atoms with Crippen LogP contribution in [0.1, 0.15) is 41.7 Å². The number of aromatic hydroxyl groups is 2. The number of fused-ring (bicyclic) bond motifs is 1. The van der Waals surface area contributed by atoms with Gasteiger partial charge in [-0.05, 0) is 73.5 Å². The van der Waals surface area contributed by atoms with Gasteiger partial charge in [0.1, 0.15) is 45.9 Å². The maximum atomic E-state index is 13.7. The smallest absolute Gasteiger partial charge is 0.193 e. The van der Waals surface area contributed by atoms with Crippen LogP contribution in [0.2, 0.25) is 0 Å². The van der Waals surface area contributed by atoms with E-state index in [4.69, 9.17) is 9.47 Å². The summed E-state index contributed by atoms with van der Waals surface area (Å²) < 4.78 is 39.5. The van der Waals surface area contributed by atoms with E-state index in [0.717, 1.165) is 19.6 Å². The maximum Gasteiger partial charge on any atom is 0.193 e. The zero-order valence-corrected chi connectivity index (χ0v) is 20.2. The molecule has 0 aliphatic carbocycles. The molecule has 1 saturated heterocycles. The fraction of sp³-hybridized carbons (Fsp3) is 0.333. The molecule has 8 heteroatoms. The molecule has 2 heterocycles. The third-order valence-electron chi connectivity index (χ3n) is 6.65. The molecule has 3 aromatic carbocycles. The average Bonchev–Trinajstić information content (AvgIpc) is 2.85. The minimum absolute atomic E-state index is 0.0299. The Balaban J connectivity index is 1.41. The van der Waals surface area contributed by atoms with Crippen molar-refractivity contribution in [2.75, 3.05) is 26.2 Å². The van der Waals surface area contributed by atoms with E-state index in [1.54, 1.807) is 12.1 Å². The highest BCUT2D eigenvalue weighted by molar-refractivity contribution is 7.91. The lowest BCUT2D eigenvalue weighted by Crippen LogP contribution is -2.33. The molecule has 0 bridgehead atoms. The summed E-state index contributed by atoms with van der Waals surface area (Å²) in [5.41, 5.74) is 1.18. The lowest BCUT2D eigenvalue weighted by atomic mass is 10.00. The second-order valence-electron chi connectivity index (χ2n) is 9.05. The summed E-state index contributed by atoms with van der Waals surface area (Å²) >= 11 is 0. The lowest BCUT2D eigenvalue weighted by molar-refractivity contribution is 0.181. The number of hydrogen-bond donors (Lipinski definition) is 2. The molecule has 0 saturated carbocycles. The van der Waals surface area contributed by atoms with Crippen molar-refractivity contribution in [1.82, 2.24) is 4.90 Å². The van der Waals surface area contributed by atoms with Crippen molar-refractivity contribution in [2.45, 2.75) is 35.5 Å². The van der Waals surface area contributed by atoms with Crippen LogP contribution in [0.25, 0.3) is 0 Å². The van der Waals surface area contributed by atoms with Crippen LogP contribution in [-0.4, -0.2) is 49.8 Å². The normalized spacial score (nSPS) is 21.6. The predicted octanol–water partition coefficient (Wildman–Crippen LogP) is 4.61. The van der Waals surface area contributed by atoms with Crippen LogP contribution >= 0.6 is 0 Å². The van der Waals surface area contributed by atoms with Crippen molar-refractivity contribution >= 4 is 9.84 Å². The first-order chi connectivity index (χ1) is 16.9. The van der Waals surface area contributed by atoms with E-state index in [2.05, 4.69) is 4.90 Å². The van der Waals surface area contributed by atoms with Gasteiger partial charge in [-0.2, -0.15) is 0 Å². The molecule has 1 fully saturated rings. The van der Waals surface area contributed by atoms with Gasteiger partial charge >= 0.3 is 0 Å². The van der Waals surface area contributed by atoms with Gasteiger partial charge in [-0.1, -0.05) is 30.7 Å². The van der Waals surface area contributed by atoms with E-state index in [0.29, 0.717) is 23.5 Å². The van der Waals surface area contributed by atoms with Gasteiger partial charge in [-0.15, -0.1) is 0 Å². The first kappa shape index (κ1) is 23.5. The number of hydrogen-bond acceptors (Lipinski definition) is 7. The average molecular weight is 496 g/mol. The third-order valence-corrected chi connectivity index (χ3v) is 8.79.